The molecule has 0 N–H and O–H groups in total. The van der Waals surface area contributed by atoms with Gasteiger partial charge in [-0.2, -0.15) is 0 Å². The molecule has 0 radical (unpaired) electrons. The summed E-state index contributed by atoms with van der Waals surface area (Å²) in [4.78, 5) is 35.0. The summed E-state index contributed by atoms with van der Waals surface area (Å²) in [6, 6.07) is 20.8. The molecule has 1 aliphatic rings. The number of amides is 1. The first kappa shape index (κ1) is 23.5. The van der Waals surface area contributed by atoms with E-state index < -0.39 is 4.92 Å². The maximum absolute atomic E-state index is 13.4. The highest BCUT2D eigenvalue weighted by atomic mass is 35.5. The van der Waals surface area contributed by atoms with Gasteiger partial charge in [0.05, 0.1) is 21.1 Å². The van der Waals surface area contributed by atoms with E-state index in [1.807, 2.05) is 30.3 Å². The van der Waals surface area contributed by atoms with Gasteiger partial charge in [-0.3, -0.25) is 19.8 Å². The number of carbonyl (C=O) groups is 1. The van der Waals surface area contributed by atoms with Gasteiger partial charge >= 0.3 is 0 Å². The van der Waals surface area contributed by atoms with Crippen molar-refractivity contribution in [2.45, 2.75) is 6.92 Å². The number of para-hydroxylation sites is 1. The number of aliphatic imine (C=N–C) groups is 1. The van der Waals surface area contributed by atoms with Crippen LogP contribution in [0.5, 0.6) is 0 Å². The zero-order valence-corrected chi connectivity index (χ0v) is 20.4. The number of rotatable bonds is 5. The van der Waals surface area contributed by atoms with E-state index >= 15 is 0 Å². The van der Waals surface area contributed by atoms with Gasteiger partial charge in [-0.15, -0.1) is 0 Å². The SMILES string of the molecule is Cc1ccc(-c2ccc(/C=C3/SC(=Nc4cccnc4Cl)N(c4ccccc4)C3=O)o2)c([N+](=O)[O-])c1. The lowest BCUT2D eigenvalue weighted by atomic mass is 10.1. The number of carbonyl (C=O) groups excluding carboxylic acids is 1. The average Bonchev–Trinajstić information content (AvgIpc) is 3.45. The minimum absolute atomic E-state index is 0.0482. The average molecular weight is 517 g/mol. The minimum Gasteiger partial charge on any atom is -0.456 e. The molecular formula is C26H17ClN4O4S. The molecule has 0 saturated carbocycles. The number of aryl methyl sites for hydroxylation is 1. The van der Waals surface area contributed by atoms with Crippen LogP contribution in [0.4, 0.5) is 17.1 Å². The third kappa shape index (κ3) is 4.66. The van der Waals surface area contributed by atoms with Crippen molar-refractivity contribution in [1.82, 2.24) is 4.98 Å². The Hall–Kier alpha value is -4.21. The van der Waals surface area contributed by atoms with Gasteiger partial charge in [-0.1, -0.05) is 35.9 Å². The summed E-state index contributed by atoms with van der Waals surface area (Å²) < 4.78 is 5.89. The van der Waals surface area contributed by atoms with Crippen LogP contribution in [0.3, 0.4) is 0 Å². The van der Waals surface area contributed by atoms with Crippen LogP contribution < -0.4 is 4.90 Å². The fraction of sp³-hybridized carbons (Fsp3) is 0.0385. The van der Waals surface area contributed by atoms with Crippen molar-refractivity contribution in [3.8, 4) is 11.3 Å². The number of amidine groups is 1. The van der Waals surface area contributed by atoms with Gasteiger partial charge in [0.1, 0.15) is 17.2 Å². The van der Waals surface area contributed by atoms with Crippen LogP contribution in [0.25, 0.3) is 17.4 Å². The third-order valence-electron chi connectivity index (χ3n) is 5.29. The van der Waals surface area contributed by atoms with Crippen molar-refractivity contribution >= 4 is 57.6 Å². The zero-order chi connectivity index (χ0) is 25.2. The standard InChI is InChI=1S/C26H17ClN4O4S/c1-16-9-11-19(21(14-16)31(33)34)22-12-10-18(35-22)15-23-25(32)30(17-6-3-2-4-7-17)26(36-23)29-20-8-5-13-28-24(20)27/h2-15H,1H3/b23-15+,29-26?. The van der Waals surface area contributed by atoms with E-state index in [2.05, 4.69) is 9.98 Å². The van der Waals surface area contributed by atoms with E-state index in [1.54, 1.807) is 55.6 Å². The molecular weight excluding hydrogens is 500 g/mol. The number of aromatic nitrogens is 1. The molecule has 1 saturated heterocycles. The highest BCUT2D eigenvalue weighted by Gasteiger charge is 2.35. The van der Waals surface area contributed by atoms with Crippen molar-refractivity contribution in [2.24, 2.45) is 4.99 Å². The van der Waals surface area contributed by atoms with Gasteiger partial charge in [-0.25, -0.2) is 9.98 Å². The lowest BCUT2D eigenvalue weighted by molar-refractivity contribution is -0.384. The summed E-state index contributed by atoms with van der Waals surface area (Å²) in [5.74, 6) is 0.425. The highest BCUT2D eigenvalue weighted by molar-refractivity contribution is 8.19. The number of nitrogens with zero attached hydrogens (tertiary/aromatic N) is 4. The molecule has 8 nitrogen and oxygen atoms in total. The van der Waals surface area contributed by atoms with Crippen molar-refractivity contribution < 1.29 is 14.1 Å². The number of halogens is 1. The maximum atomic E-state index is 13.4. The second-order valence-corrected chi connectivity index (χ2v) is 9.14. The largest absolute Gasteiger partial charge is 0.456 e. The smallest absolute Gasteiger partial charge is 0.280 e. The minimum atomic E-state index is -0.441. The monoisotopic (exact) mass is 516 g/mol. The van der Waals surface area contributed by atoms with Gasteiger partial charge < -0.3 is 4.42 Å². The normalized spacial score (nSPS) is 15.7. The predicted octanol–water partition coefficient (Wildman–Crippen LogP) is 7.02. The summed E-state index contributed by atoms with van der Waals surface area (Å²) >= 11 is 7.36. The number of nitro groups is 1. The van der Waals surface area contributed by atoms with Gasteiger partial charge in [0.2, 0.25) is 0 Å². The molecule has 1 amide bonds. The summed E-state index contributed by atoms with van der Waals surface area (Å²) in [6.07, 6.45) is 3.16. The number of hydrogen-bond acceptors (Lipinski definition) is 7. The molecule has 0 atom stereocenters. The molecule has 1 fully saturated rings. The number of furan rings is 1. The third-order valence-corrected chi connectivity index (χ3v) is 6.55. The molecule has 2 aromatic heterocycles. The van der Waals surface area contributed by atoms with Crippen LogP contribution in [0.2, 0.25) is 5.15 Å². The van der Waals surface area contributed by atoms with Crippen LogP contribution >= 0.6 is 23.4 Å². The van der Waals surface area contributed by atoms with E-state index in [0.29, 0.717) is 38.5 Å². The summed E-state index contributed by atoms with van der Waals surface area (Å²) in [7, 11) is 0. The quantitative estimate of drug-likeness (QED) is 0.122. The van der Waals surface area contributed by atoms with E-state index in [1.165, 1.54) is 22.7 Å². The van der Waals surface area contributed by atoms with Crippen molar-refractivity contribution in [1.29, 1.82) is 0 Å². The van der Waals surface area contributed by atoms with Crippen molar-refractivity contribution in [2.75, 3.05) is 4.90 Å². The first-order valence-corrected chi connectivity index (χ1v) is 11.9. The fourth-order valence-electron chi connectivity index (χ4n) is 3.62. The Kier molecular flexibility index (Phi) is 6.41. The van der Waals surface area contributed by atoms with Crippen LogP contribution in [0.1, 0.15) is 11.3 Å². The number of anilines is 1. The molecule has 0 spiro atoms. The molecule has 36 heavy (non-hydrogen) atoms. The number of nitro benzene ring substituents is 1. The highest BCUT2D eigenvalue weighted by Crippen LogP contribution is 2.39. The lowest BCUT2D eigenvalue weighted by Crippen LogP contribution is -2.28. The molecule has 3 heterocycles. The van der Waals surface area contributed by atoms with Crippen LogP contribution in [-0.2, 0) is 4.79 Å². The Morgan fingerprint density at radius 3 is 2.67 bits per heavy atom. The summed E-state index contributed by atoms with van der Waals surface area (Å²) in [6.45, 7) is 1.79. The lowest BCUT2D eigenvalue weighted by Gasteiger charge is -2.15. The number of pyridine rings is 1. The number of hydrogen-bond donors (Lipinski definition) is 0. The van der Waals surface area contributed by atoms with Gasteiger partial charge in [0.15, 0.2) is 10.3 Å². The number of benzene rings is 2. The number of thioether (sulfide) groups is 1. The zero-order valence-electron chi connectivity index (χ0n) is 18.8. The fourth-order valence-corrected chi connectivity index (χ4v) is 4.76. The molecule has 178 valence electrons. The van der Waals surface area contributed by atoms with E-state index in [4.69, 9.17) is 16.0 Å². The molecule has 1 aliphatic heterocycles. The molecule has 5 rings (SSSR count). The Morgan fingerprint density at radius 2 is 1.92 bits per heavy atom. The maximum Gasteiger partial charge on any atom is 0.280 e. The molecule has 10 heteroatoms. The molecule has 4 aromatic rings. The Morgan fingerprint density at radius 1 is 1.11 bits per heavy atom. The topological polar surface area (TPSA) is 102 Å². The molecule has 0 aliphatic carbocycles. The second-order valence-electron chi connectivity index (χ2n) is 7.77. The van der Waals surface area contributed by atoms with Crippen LogP contribution in [-0.4, -0.2) is 21.0 Å². The van der Waals surface area contributed by atoms with Gasteiger partial charge in [-0.05, 0) is 66.7 Å². The first-order chi connectivity index (χ1) is 17.4. The molecule has 0 bridgehead atoms. The first-order valence-electron chi connectivity index (χ1n) is 10.7. The van der Waals surface area contributed by atoms with Crippen LogP contribution in [0, 0.1) is 17.0 Å². The van der Waals surface area contributed by atoms with Crippen LogP contribution in [0.15, 0.2) is 93.3 Å². The second kappa shape index (κ2) is 9.80. The summed E-state index contributed by atoms with van der Waals surface area (Å²) in [5.41, 5.74) is 2.16. The van der Waals surface area contributed by atoms with E-state index in [9.17, 15) is 14.9 Å². The van der Waals surface area contributed by atoms with Gasteiger partial charge in [0.25, 0.3) is 11.6 Å². The van der Waals surface area contributed by atoms with E-state index in [-0.39, 0.29) is 16.7 Å². The Labute approximate surface area is 215 Å². The Balaban J connectivity index is 1.53. The van der Waals surface area contributed by atoms with Gasteiger partial charge in [0, 0.05) is 18.3 Å². The Bertz CT molecular complexity index is 1550. The predicted molar refractivity (Wildman–Crippen MR) is 141 cm³/mol. The van der Waals surface area contributed by atoms with Crippen molar-refractivity contribution in [3.63, 3.8) is 0 Å². The van der Waals surface area contributed by atoms with Crippen molar-refractivity contribution in [3.05, 3.63) is 110 Å². The molecule has 0 unspecified atom stereocenters. The molecule has 2 aromatic carbocycles. The summed E-state index contributed by atoms with van der Waals surface area (Å²) in [5, 5.41) is 12.2. The van der Waals surface area contributed by atoms with E-state index in [0.717, 1.165) is 5.56 Å².